The summed E-state index contributed by atoms with van der Waals surface area (Å²) in [6, 6.07) is 12.9. The summed E-state index contributed by atoms with van der Waals surface area (Å²) in [5.74, 6) is 33.4. The Morgan fingerprint density at radius 1 is 0.490 bits per heavy atom. The van der Waals surface area contributed by atoms with Crippen molar-refractivity contribution in [1.29, 1.82) is 0 Å². The van der Waals surface area contributed by atoms with Gasteiger partial charge in [0.2, 0.25) is 0 Å². The largest absolute Gasteiger partial charge is 0.298 e. The molecule has 0 bridgehead atoms. The van der Waals surface area contributed by atoms with Crippen LogP contribution in [0.15, 0.2) is 42.0 Å². The summed E-state index contributed by atoms with van der Waals surface area (Å²) in [7, 11) is 2.61. The average molecular weight is 646 g/mol. The molecule has 1 saturated heterocycles. The monoisotopic (exact) mass is 645 g/mol. The first kappa shape index (κ1) is 25.0. The molecule has 49 heavy (non-hydrogen) atoms. The van der Waals surface area contributed by atoms with Crippen LogP contribution in [0, 0.1) is 177 Å². The van der Waals surface area contributed by atoms with Gasteiger partial charge >= 0.3 is 0 Å². The van der Waals surface area contributed by atoms with E-state index in [1.807, 2.05) is 0 Å². The summed E-state index contributed by atoms with van der Waals surface area (Å²) in [5.41, 5.74) is 4.31. The minimum atomic E-state index is 0.485. The van der Waals surface area contributed by atoms with Gasteiger partial charge in [-0.1, -0.05) is 42.0 Å². The van der Waals surface area contributed by atoms with E-state index in [0.29, 0.717) is 11.5 Å². The number of rotatable bonds is 1. The third kappa shape index (κ3) is 2.09. The normalized spacial score (nSPS) is 77.4. The average Bonchev–Trinajstić information content (AvgIpc) is 3.95. The highest BCUT2D eigenvalue weighted by Gasteiger charge is 2.89. The maximum atomic E-state index is 3.25. The molecule has 17 aliphatic rings. The van der Waals surface area contributed by atoms with Crippen LogP contribution in [0.25, 0.3) is 0 Å². The molecule has 0 N–H and O–H groups in total. The van der Waals surface area contributed by atoms with E-state index in [9.17, 15) is 0 Å². The fourth-order valence-corrected chi connectivity index (χ4v) is 26.7. The van der Waals surface area contributed by atoms with Gasteiger partial charge in [-0.15, -0.1) is 0 Å². The van der Waals surface area contributed by atoms with Gasteiger partial charge in [0.05, 0.1) is 0 Å². The van der Waals surface area contributed by atoms with Crippen molar-refractivity contribution in [3.05, 3.63) is 47.5 Å². The molecule has 31 atom stereocenters. The van der Waals surface area contributed by atoms with E-state index >= 15 is 0 Å². The third-order valence-electron chi connectivity index (χ3n) is 24.8. The highest BCUT2D eigenvalue weighted by molar-refractivity contribution is 5.44. The van der Waals surface area contributed by atoms with Gasteiger partial charge in [0.15, 0.2) is 0 Å². The van der Waals surface area contributed by atoms with Crippen LogP contribution in [0.4, 0.5) is 0 Å². The lowest BCUT2D eigenvalue weighted by atomic mass is 9.40. The molecule has 16 fully saturated rings. The summed E-state index contributed by atoms with van der Waals surface area (Å²) in [6.45, 7) is 1.40. The van der Waals surface area contributed by atoms with Crippen LogP contribution in [0.1, 0.15) is 56.6 Å². The molecule has 252 valence electrons. The summed E-state index contributed by atoms with van der Waals surface area (Å²) in [5, 5.41) is 0. The Kier molecular flexibility index (Phi) is 3.63. The lowest BCUT2D eigenvalue weighted by molar-refractivity contribution is -0.159. The van der Waals surface area contributed by atoms with E-state index < -0.39 is 0 Å². The summed E-state index contributed by atoms with van der Waals surface area (Å²) in [4.78, 5) is 2.99. The summed E-state index contributed by atoms with van der Waals surface area (Å²) < 4.78 is 0. The van der Waals surface area contributed by atoms with Crippen molar-refractivity contribution < 1.29 is 0 Å². The van der Waals surface area contributed by atoms with Gasteiger partial charge in [-0.05, 0) is 229 Å². The number of benzene rings is 1. The van der Waals surface area contributed by atoms with Gasteiger partial charge in [-0.3, -0.25) is 4.90 Å². The number of allylic oxidation sites excluding steroid dienone is 1. The molecule has 15 saturated carbocycles. The smallest absolute Gasteiger partial charge is 0.0385 e. The molecule has 1 spiro atoms. The molecule has 31 unspecified atom stereocenters. The molecule has 0 radical (unpaired) electrons. The molecule has 1 heteroatoms. The zero-order valence-electron chi connectivity index (χ0n) is 29.4. The maximum Gasteiger partial charge on any atom is 0.0385 e. The third-order valence-corrected chi connectivity index (χ3v) is 24.8. The van der Waals surface area contributed by atoms with Crippen molar-refractivity contribution in [3.8, 4) is 0 Å². The maximum absolute atomic E-state index is 3.25. The van der Waals surface area contributed by atoms with Gasteiger partial charge in [-0.2, -0.15) is 0 Å². The number of fused-ring (bicyclic) bond motifs is 1. The molecule has 1 nitrogen and oxygen atoms in total. The van der Waals surface area contributed by atoms with Gasteiger partial charge < -0.3 is 0 Å². The SMILES string of the molecule is CN1CC23C=C4CC5CC6CC7CC8CC9CC%10CC(C%11C%12C%10C9C9C8C8C7C6C6C5C5C4C2C%11C2C5C6C8C9C%122)C3C1c1ccccc1. The number of hydrogen-bond acceptors (Lipinski definition) is 1. The molecule has 1 aliphatic heterocycles. The summed E-state index contributed by atoms with van der Waals surface area (Å²) >= 11 is 0. The predicted octanol–water partition coefficient (Wildman–Crippen LogP) is 8.40. The zero-order valence-corrected chi connectivity index (χ0v) is 29.4. The van der Waals surface area contributed by atoms with Crippen LogP contribution in [-0.4, -0.2) is 18.5 Å². The minimum absolute atomic E-state index is 0.485. The first-order valence-electron chi connectivity index (χ1n) is 22.7. The quantitative estimate of drug-likeness (QED) is 0.277. The molecule has 18 rings (SSSR count). The van der Waals surface area contributed by atoms with E-state index in [1.165, 1.54) is 107 Å². The summed E-state index contributed by atoms with van der Waals surface area (Å²) in [6.07, 6.45) is 15.0. The Hall–Kier alpha value is -1.08. The second-order valence-corrected chi connectivity index (χ2v) is 24.0. The fraction of sp³-hybridized carbons (Fsp3) is 0.833. The molecule has 0 aromatic heterocycles. The lowest BCUT2D eigenvalue weighted by Crippen LogP contribution is -2.61. The molecular formula is C48H55N. The zero-order chi connectivity index (χ0) is 30.5. The first-order chi connectivity index (χ1) is 24.2. The van der Waals surface area contributed by atoms with Crippen LogP contribution in [0.5, 0.6) is 0 Å². The van der Waals surface area contributed by atoms with Crippen molar-refractivity contribution in [3.63, 3.8) is 0 Å². The van der Waals surface area contributed by atoms with Crippen molar-refractivity contribution >= 4 is 0 Å². The van der Waals surface area contributed by atoms with Crippen molar-refractivity contribution in [2.24, 2.45) is 177 Å². The number of nitrogens with zero attached hydrogens (tertiary/aromatic N) is 1. The Labute approximate surface area is 293 Å². The second kappa shape index (κ2) is 7.12. The van der Waals surface area contributed by atoms with Crippen molar-refractivity contribution in [2.45, 2.75) is 51.0 Å². The topological polar surface area (TPSA) is 3.24 Å². The Balaban J connectivity index is 0.975. The second-order valence-electron chi connectivity index (χ2n) is 24.0. The Morgan fingerprint density at radius 2 is 0.980 bits per heavy atom. The van der Waals surface area contributed by atoms with Gasteiger partial charge in [0, 0.05) is 18.0 Å². The highest BCUT2D eigenvalue weighted by Crippen LogP contribution is 2.93. The van der Waals surface area contributed by atoms with E-state index in [1.54, 1.807) is 50.5 Å². The molecule has 16 aliphatic carbocycles. The van der Waals surface area contributed by atoms with Crippen LogP contribution < -0.4 is 0 Å². The van der Waals surface area contributed by atoms with Crippen LogP contribution in [0.2, 0.25) is 0 Å². The van der Waals surface area contributed by atoms with Crippen LogP contribution in [-0.2, 0) is 0 Å². The van der Waals surface area contributed by atoms with E-state index in [-0.39, 0.29) is 0 Å². The van der Waals surface area contributed by atoms with E-state index in [0.717, 1.165) is 71.0 Å². The highest BCUT2D eigenvalue weighted by atomic mass is 15.2. The molecule has 1 aromatic rings. The van der Waals surface area contributed by atoms with Gasteiger partial charge in [0.25, 0.3) is 0 Å². The molecular weight excluding hydrogens is 591 g/mol. The fourth-order valence-electron chi connectivity index (χ4n) is 26.7. The van der Waals surface area contributed by atoms with E-state index in [2.05, 4.69) is 53.9 Å². The van der Waals surface area contributed by atoms with Gasteiger partial charge in [0.1, 0.15) is 0 Å². The molecule has 0 amide bonds. The Bertz CT molecular complexity index is 1860. The number of hydrogen-bond donors (Lipinski definition) is 0. The minimum Gasteiger partial charge on any atom is -0.298 e. The van der Waals surface area contributed by atoms with Crippen LogP contribution >= 0.6 is 0 Å². The van der Waals surface area contributed by atoms with Crippen molar-refractivity contribution in [1.82, 2.24) is 4.90 Å². The standard InChI is InChI=1S/C48H55N/c1-49-15-48-14-23-12-21-10-18-7-17-8-20-9-19-11-22-13-24(45(48)47(49)16-5-3-2-4-6-16)32-37-28(22)27(19)34-29(20)33-25(17)26(18)35-30(21)36-31(23)46(48)44(32)43-41(36)39(35)38(33)40(34)42(37)43/h2-6,14,17-22,24-47H,7-13,15H2,1H3. The Morgan fingerprint density at radius 3 is 1.63 bits per heavy atom. The lowest BCUT2D eigenvalue weighted by Gasteiger charge is -2.64. The first-order valence-corrected chi connectivity index (χ1v) is 22.7. The number of likely N-dealkylation sites (tertiary alicyclic amines) is 1. The predicted molar refractivity (Wildman–Crippen MR) is 186 cm³/mol. The van der Waals surface area contributed by atoms with E-state index in [4.69, 9.17) is 0 Å². The van der Waals surface area contributed by atoms with Crippen molar-refractivity contribution in [2.75, 3.05) is 13.6 Å². The van der Waals surface area contributed by atoms with Gasteiger partial charge in [-0.25, -0.2) is 0 Å². The molecule has 1 aromatic carbocycles. The van der Waals surface area contributed by atoms with Crippen LogP contribution in [0.3, 0.4) is 0 Å². The molecule has 1 heterocycles.